The van der Waals surface area contributed by atoms with E-state index < -0.39 is 0 Å². The molecule has 7 nitrogen and oxygen atoms in total. The Balaban J connectivity index is 0.00000341. The van der Waals surface area contributed by atoms with Gasteiger partial charge in [-0.2, -0.15) is 0 Å². The number of imidazole rings is 1. The van der Waals surface area contributed by atoms with Gasteiger partial charge in [-0.1, -0.05) is 24.3 Å². The van der Waals surface area contributed by atoms with Gasteiger partial charge in [-0.15, -0.1) is 24.0 Å². The summed E-state index contributed by atoms with van der Waals surface area (Å²) < 4.78 is 2.25. The van der Waals surface area contributed by atoms with E-state index in [9.17, 15) is 4.79 Å². The fourth-order valence-corrected chi connectivity index (χ4v) is 3.37. The molecule has 0 aliphatic heterocycles. The number of hydrogen-bond acceptors (Lipinski definition) is 3. The zero-order chi connectivity index (χ0) is 21.3. The molecule has 166 valence electrons. The van der Waals surface area contributed by atoms with Crippen LogP contribution in [0.5, 0.6) is 0 Å². The van der Waals surface area contributed by atoms with Gasteiger partial charge in [-0.3, -0.25) is 9.79 Å². The number of guanidine groups is 1. The summed E-state index contributed by atoms with van der Waals surface area (Å²) in [5.41, 5.74) is 3.98. The van der Waals surface area contributed by atoms with Crippen molar-refractivity contribution in [3.63, 3.8) is 0 Å². The van der Waals surface area contributed by atoms with Crippen LogP contribution in [0.1, 0.15) is 35.1 Å². The molecule has 1 aromatic heterocycles. The first-order valence-electron chi connectivity index (χ1n) is 10.4. The Morgan fingerprint density at radius 2 is 1.81 bits per heavy atom. The highest BCUT2D eigenvalue weighted by atomic mass is 127. The Labute approximate surface area is 200 Å². The second kappa shape index (κ2) is 12.3. The summed E-state index contributed by atoms with van der Waals surface area (Å²) in [6.45, 7) is 6.93. The fourth-order valence-electron chi connectivity index (χ4n) is 3.37. The average molecular weight is 534 g/mol. The van der Waals surface area contributed by atoms with E-state index in [0.29, 0.717) is 18.7 Å². The molecular formula is C23H31IN6O. The highest BCUT2D eigenvalue weighted by Gasteiger charge is 2.07. The first kappa shape index (κ1) is 24.6. The largest absolute Gasteiger partial charge is 0.356 e. The molecule has 3 N–H and O–H groups in total. The van der Waals surface area contributed by atoms with Crippen molar-refractivity contribution in [3.05, 3.63) is 65.5 Å². The van der Waals surface area contributed by atoms with Crippen LogP contribution in [-0.2, 0) is 13.1 Å². The molecule has 0 spiro atoms. The maximum atomic E-state index is 11.8. The number of hydrogen-bond donors (Lipinski definition) is 3. The predicted octanol–water partition coefficient (Wildman–Crippen LogP) is 3.47. The summed E-state index contributed by atoms with van der Waals surface area (Å²) in [5, 5.41) is 9.47. The number of fused-ring (bicyclic) bond motifs is 1. The minimum atomic E-state index is -0.0459. The van der Waals surface area contributed by atoms with Crippen LogP contribution in [0.15, 0.2) is 53.5 Å². The molecule has 2 aromatic carbocycles. The van der Waals surface area contributed by atoms with Crippen LogP contribution in [0, 0.1) is 6.92 Å². The van der Waals surface area contributed by atoms with Gasteiger partial charge in [0.15, 0.2) is 5.96 Å². The molecule has 1 heterocycles. The molecule has 1 amide bonds. The highest BCUT2D eigenvalue weighted by Crippen LogP contribution is 2.15. The number of benzene rings is 2. The number of nitrogens with one attached hydrogen (secondary N) is 3. The van der Waals surface area contributed by atoms with Crippen molar-refractivity contribution in [2.75, 3.05) is 20.1 Å². The van der Waals surface area contributed by atoms with E-state index in [0.717, 1.165) is 42.4 Å². The van der Waals surface area contributed by atoms with Crippen LogP contribution in [0.4, 0.5) is 0 Å². The molecule has 31 heavy (non-hydrogen) atoms. The van der Waals surface area contributed by atoms with Gasteiger partial charge in [-0.25, -0.2) is 4.98 Å². The Morgan fingerprint density at radius 3 is 2.52 bits per heavy atom. The SMILES string of the molecule is CCNC(=O)c1ccc(CNC(=NC)NCCCn2c(C)nc3ccccc32)cc1.I. The molecular weight excluding hydrogens is 503 g/mol. The summed E-state index contributed by atoms with van der Waals surface area (Å²) in [7, 11) is 1.76. The number of halogens is 1. The number of para-hydroxylation sites is 2. The average Bonchev–Trinajstić information content (AvgIpc) is 3.09. The minimum absolute atomic E-state index is 0. The molecule has 3 aromatic rings. The Kier molecular flexibility index (Phi) is 9.77. The van der Waals surface area contributed by atoms with Gasteiger partial charge in [-0.05, 0) is 50.1 Å². The van der Waals surface area contributed by atoms with Crippen LogP contribution in [-0.4, -0.2) is 41.6 Å². The van der Waals surface area contributed by atoms with Gasteiger partial charge in [0.25, 0.3) is 5.91 Å². The normalized spacial score (nSPS) is 11.1. The zero-order valence-corrected chi connectivity index (χ0v) is 20.6. The third-order valence-electron chi connectivity index (χ3n) is 4.93. The highest BCUT2D eigenvalue weighted by molar-refractivity contribution is 14.0. The van der Waals surface area contributed by atoms with Crippen molar-refractivity contribution in [2.24, 2.45) is 4.99 Å². The van der Waals surface area contributed by atoms with Crippen molar-refractivity contribution in [1.82, 2.24) is 25.5 Å². The second-order valence-corrected chi connectivity index (χ2v) is 7.06. The number of aryl methyl sites for hydroxylation is 2. The quantitative estimate of drug-likeness (QED) is 0.179. The van der Waals surface area contributed by atoms with Gasteiger partial charge in [0.1, 0.15) is 5.82 Å². The van der Waals surface area contributed by atoms with E-state index in [2.05, 4.69) is 36.6 Å². The lowest BCUT2D eigenvalue weighted by Gasteiger charge is -2.13. The number of nitrogens with zero attached hydrogens (tertiary/aromatic N) is 3. The van der Waals surface area contributed by atoms with Crippen molar-refractivity contribution in [1.29, 1.82) is 0 Å². The van der Waals surface area contributed by atoms with E-state index in [4.69, 9.17) is 0 Å². The van der Waals surface area contributed by atoms with E-state index >= 15 is 0 Å². The number of carbonyl (C=O) groups is 1. The van der Waals surface area contributed by atoms with E-state index in [1.807, 2.05) is 56.3 Å². The van der Waals surface area contributed by atoms with E-state index in [1.54, 1.807) is 7.05 Å². The molecule has 0 fully saturated rings. The monoisotopic (exact) mass is 534 g/mol. The van der Waals surface area contributed by atoms with Gasteiger partial charge >= 0.3 is 0 Å². The fraction of sp³-hybridized carbons (Fsp3) is 0.348. The Hall–Kier alpha value is -2.62. The number of amides is 1. The Bertz CT molecular complexity index is 1010. The Morgan fingerprint density at radius 1 is 1.06 bits per heavy atom. The molecule has 0 saturated carbocycles. The van der Waals surface area contributed by atoms with Crippen LogP contribution >= 0.6 is 24.0 Å². The van der Waals surface area contributed by atoms with Crippen molar-refractivity contribution in [2.45, 2.75) is 33.4 Å². The molecule has 0 saturated heterocycles. The number of aliphatic imine (C=N–C) groups is 1. The van der Waals surface area contributed by atoms with Crippen molar-refractivity contribution >= 4 is 46.9 Å². The molecule has 0 atom stereocenters. The maximum absolute atomic E-state index is 11.8. The minimum Gasteiger partial charge on any atom is -0.356 e. The smallest absolute Gasteiger partial charge is 0.251 e. The third kappa shape index (κ3) is 6.68. The van der Waals surface area contributed by atoms with Crippen LogP contribution in [0.2, 0.25) is 0 Å². The van der Waals surface area contributed by atoms with Crippen molar-refractivity contribution < 1.29 is 4.79 Å². The van der Waals surface area contributed by atoms with Crippen LogP contribution in [0.25, 0.3) is 11.0 Å². The third-order valence-corrected chi connectivity index (χ3v) is 4.93. The summed E-state index contributed by atoms with van der Waals surface area (Å²) in [4.78, 5) is 20.7. The lowest BCUT2D eigenvalue weighted by Crippen LogP contribution is -2.37. The molecule has 0 radical (unpaired) electrons. The summed E-state index contributed by atoms with van der Waals surface area (Å²) >= 11 is 0. The number of aromatic nitrogens is 2. The van der Waals surface area contributed by atoms with Gasteiger partial charge in [0, 0.05) is 38.8 Å². The van der Waals surface area contributed by atoms with Gasteiger partial charge in [0.2, 0.25) is 0 Å². The number of carbonyl (C=O) groups excluding carboxylic acids is 1. The van der Waals surface area contributed by atoms with E-state index in [-0.39, 0.29) is 29.9 Å². The summed E-state index contributed by atoms with van der Waals surface area (Å²) in [6, 6.07) is 15.8. The van der Waals surface area contributed by atoms with Crippen LogP contribution < -0.4 is 16.0 Å². The van der Waals surface area contributed by atoms with Crippen LogP contribution in [0.3, 0.4) is 0 Å². The summed E-state index contributed by atoms with van der Waals surface area (Å²) in [6.07, 6.45) is 0.961. The lowest BCUT2D eigenvalue weighted by molar-refractivity contribution is 0.0956. The van der Waals surface area contributed by atoms with Gasteiger partial charge in [0.05, 0.1) is 11.0 Å². The first-order chi connectivity index (χ1) is 14.6. The second-order valence-electron chi connectivity index (χ2n) is 7.06. The molecule has 8 heteroatoms. The molecule has 0 aliphatic carbocycles. The predicted molar refractivity (Wildman–Crippen MR) is 137 cm³/mol. The summed E-state index contributed by atoms with van der Waals surface area (Å²) in [5.74, 6) is 1.75. The van der Waals surface area contributed by atoms with E-state index in [1.165, 1.54) is 5.52 Å². The van der Waals surface area contributed by atoms with Gasteiger partial charge < -0.3 is 20.5 Å². The zero-order valence-electron chi connectivity index (χ0n) is 18.3. The molecule has 0 unspecified atom stereocenters. The topological polar surface area (TPSA) is 83.3 Å². The number of rotatable bonds is 8. The standard InChI is InChI=1S/C23H30N6O.HI/c1-4-25-22(30)19-12-10-18(11-13-19)16-27-23(24-3)26-14-7-15-29-17(2)28-20-8-5-6-9-21(20)29;/h5-6,8-13H,4,7,14-16H2,1-3H3,(H,25,30)(H2,24,26,27);1H. The lowest BCUT2D eigenvalue weighted by atomic mass is 10.1. The molecule has 0 aliphatic rings. The van der Waals surface area contributed by atoms with Crippen molar-refractivity contribution in [3.8, 4) is 0 Å². The maximum Gasteiger partial charge on any atom is 0.251 e. The first-order valence-corrected chi connectivity index (χ1v) is 10.4. The molecule has 0 bridgehead atoms. The molecule has 3 rings (SSSR count).